The van der Waals surface area contributed by atoms with Gasteiger partial charge in [-0.2, -0.15) is 4.98 Å². The van der Waals surface area contributed by atoms with Crippen LogP contribution < -0.4 is 15.2 Å². The lowest BCUT2D eigenvalue weighted by Gasteiger charge is -2.12. The number of aromatic amines is 1. The van der Waals surface area contributed by atoms with Crippen LogP contribution in [0.1, 0.15) is 35.0 Å². The minimum absolute atomic E-state index is 0.138. The van der Waals surface area contributed by atoms with Crippen molar-refractivity contribution >= 4 is 29.1 Å². The van der Waals surface area contributed by atoms with Gasteiger partial charge in [0.1, 0.15) is 5.03 Å². The first-order chi connectivity index (χ1) is 12.0. The maximum atomic E-state index is 11.9. The minimum Gasteiger partial charge on any atom is -0.489 e. The number of H-pyrrole nitrogens is 1. The van der Waals surface area contributed by atoms with Crippen LogP contribution in [0, 0.1) is 6.92 Å². The summed E-state index contributed by atoms with van der Waals surface area (Å²) < 4.78 is 11.3. The smallest absolute Gasteiger partial charge is 0.346 e. The molecule has 0 spiro atoms. The highest BCUT2D eigenvalue weighted by Crippen LogP contribution is 2.39. The zero-order chi connectivity index (χ0) is 18.0. The Morgan fingerprint density at radius 1 is 1.36 bits per heavy atom. The summed E-state index contributed by atoms with van der Waals surface area (Å²) in [5.74, 6) is 1.53. The van der Waals surface area contributed by atoms with Gasteiger partial charge in [0.15, 0.2) is 17.3 Å². The Morgan fingerprint density at radius 3 is 2.88 bits per heavy atom. The van der Waals surface area contributed by atoms with Crippen LogP contribution in [0.5, 0.6) is 11.5 Å². The van der Waals surface area contributed by atoms with Crippen molar-refractivity contribution in [3.05, 3.63) is 44.5 Å². The van der Waals surface area contributed by atoms with Gasteiger partial charge in [-0.1, -0.05) is 11.6 Å². The van der Waals surface area contributed by atoms with E-state index in [1.165, 1.54) is 18.7 Å². The molecule has 3 rings (SSSR count). The van der Waals surface area contributed by atoms with Gasteiger partial charge in [-0.05, 0) is 31.5 Å². The van der Waals surface area contributed by atoms with Crippen LogP contribution in [0.3, 0.4) is 0 Å². The minimum atomic E-state index is -0.471. The number of carbonyl (C=O) groups excluding carboxylic acids is 1. The predicted molar refractivity (Wildman–Crippen MR) is 96.2 cm³/mol. The fourth-order valence-corrected chi connectivity index (χ4v) is 3.94. The normalized spacial score (nSPS) is 13.4. The van der Waals surface area contributed by atoms with Crippen molar-refractivity contribution in [2.45, 2.75) is 31.0 Å². The van der Waals surface area contributed by atoms with Gasteiger partial charge in [-0.25, -0.2) is 4.79 Å². The number of nitrogens with zero attached hydrogens (tertiary/aromatic N) is 1. The number of nitrogens with one attached hydrogen (secondary N) is 1. The highest BCUT2D eigenvalue weighted by molar-refractivity contribution is 7.98. The summed E-state index contributed by atoms with van der Waals surface area (Å²) in [4.78, 5) is 30.0. The van der Waals surface area contributed by atoms with Crippen molar-refractivity contribution in [1.29, 1.82) is 0 Å². The lowest BCUT2D eigenvalue weighted by atomic mass is 10.2. The fourth-order valence-electron chi connectivity index (χ4n) is 2.60. The van der Waals surface area contributed by atoms with Gasteiger partial charge < -0.3 is 14.5 Å². The maximum absolute atomic E-state index is 11.9. The van der Waals surface area contributed by atoms with Gasteiger partial charge in [0, 0.05) is 17.9 Å². The molecule has 2 aromatic rings. The van der Waals surface area contributed by atoms with Crippen molar-refractivity contribution < 1.29 is 14.3 Å². The first kappa shape index (κ1) is 17.8. The van der Waals surface area contributed by atoms with Gasteiger partial charge >= 0.3 is 5.69 Å². The summed E-state index contributed by atoms with van der Waals surface area (Å²) >= 11 is 7.61. The largest absolute Gasteiger partial charge is 0.489 e. The molecule has 0 radical (unpaired) electrons. The molecule has 2 heterocycles. The van der Waals surface area contributed by atoms with Gasteiger partial charge in [-0.3, -0.25) is 4.79 Å². The SMILES string of the molecule is CC(=O)c1c(SCc2cc(Cl)c3c(c2)OCCCO3)nc(=O)[nH]c1C. The molecule has 0 fully saturated rings. The van der Waals surface area contributed by atoms with E-state index < -0.39 is 5.69 Å². The second kappa shape index (κ2) is 7.49. The fraction of sp³-hybridized carbons (Fsp3) is 0.353. The maximum Gasteiger partial charge on any atom is 0.346 e. The Hall–Kier alpha value is -1.99. The number of thioether (sulfide) groups is 1. The van der Waals surface area contributed by atoms with E-state index in [0.29, 0.717) is 51.8 Å². The first-order valence-electron chi connectivity index (χ1n) is 7.78. The second-order valence-electron chi connectivity index (χ2n) is 5.65. The topological polar surface area (TPSA) is 81.3 Å². The Bertz CT molecular complexity index is 882. The summed E-state index contributed by atoms with van der Waals surface area (Å²) in [5, 5.41) is 0.897. The molecule has 6 nitrogen and oxygen atoms in total. The molecule has 132 valence electrons. The lowest BCUT2D eigenvalue weighted by molar-refractivity contribution is 0.101. The Morgan fingerprint density at radius 2 is 2.12 bits per heavy atom. The molecule has 0 atom stereocenters. The second-order valence-corrected chi connectivity index (χ2v) is 7.02. The van der Waals surface area contributed by atoms with Gasteiger partial charge in [0.2, 0.25) is 0 Å². The van der Waals surface area contributed by atoms with Gasteiger partial charge in [0.05, 0.1) is 23.8 Å². The van der Waals surface area contributed by atoms with Crippen molar-refractivity contribution in [1.82, 2.24) is 9.97 Å². The van der Waals surface area contributed by atoms with Gasteiger partial charge in [0.25, 0.3) is 0 Å². The number of ketones is 1. The van der Waals surface area contributed by atoms with Crippen molar-refractivity contribution in [3.8, 4) is 11.5 Å². The Kier molecular flexibility index (Phi) is 5.34. The number of ether oxygens (including phenoxy) is 2. The van der Waals surface area contributed by atoms with E-state index in [2.05, 4.69) is 9.97 Å². The number of rotatable bonds is 4. The molecule has 0 aliphatic carbocycles. The standard InChI is InChI=1S/C17H17ClN2O4S/c1-9-14(10(2)21)16(20-17(22)19-9)25-8-11-6-12(18)15-13(7-11)23-4-3-5-24-15/h6-7H,3-5,8H2,1-2H3,(H,19,20,22). The van der Waals surface area contributed by atoms with Crippen LogP contribution in [-0.4, -0.2) is 29.0 Å². The number of aryl methyl sites for hydroxylation is 1. The molecule has 1 aromatic heterocycles. The van der Waals surface area contributed by atoms with Crippen LogP contribution in [0.4, 0.5) is 0 Å². The number of Topliss-reactive ketones (excluding diaryl/α,β-unsaturated/α-hetero) is 1. The molecular formula is C17H17ClN2O4S. The molecule has 0 saturated heterocycles. The highest BCUT2D eigenvalue weighted by atomic mass is 35.5. The van der Waals surface area contributed by atoms with E-state index >= 15 is 0 Å². The van der Waals surface area contributed by atoms with Crippen molar-refractivity contribution in [3.63, 3.8) is 0 Å². The van der Waals surface area contributed by atoms with E-state index in [1.54, 1.807) is 13.0 Å². The summed E-state index contributed by atoms with van der Waals surface area (Å²) in [7, 11) is 0. The molecular weight excluding hydrogens is 364 g/mol. The summed E-state index contributed by atoms with van der Waals surface area (Å²) in [5.41, 5.74) is 1.38. The van der Waals surface area contributed by atoms with E-state index in [-0.39, 0.29) is 5.78 Å². The number of aromatic nitrogens is 2. The van der Waals surface area contributed by atoms with Crippen molar-refractivity contribution in [2.75, 3.05) is 13.2 Å². The molecule has 8 heteroatoms. The molecule has 1 aliphatic rings. The third kappa shape index (κ3) is 3.99. The van der Waals surface area contributed by atoms with Crippen LogP contribution in [0.2, 0.25) is 5.02 Å². The number of halogens is 1. The average Bonchev–Trinajstić information content (AvgIpc) is 2.77. The number of fused-ring (bicyclic) bond motifs is 1. The van der Waals surface area contributed by atoms with E-state index in [9.17, 15) is 9.59 Å². The number of hydrogen-bond donors (Lipinski definition) is 1. The predicted octanol–water partition coefficient (Wildman–Crippen LogP) is 3.39. The van der Waals surface area contributed by atoms with Crippen LogP contribution >= 0.6 is 23.4 Å². The Balaban J connectivity index is 1.88. The summed E-state index contributed by atoms with van der Waals surface area (Å²) in [6, 6.07) is 3.67. The van der Waals surface area contributed by atoms with Crippen LogP contribution in [-0.2, 0) is 5.75 Å². The highest BCUT2D eigenvalue weighted by Gasteiger charge is 2.18. The van der Waals surface area contributed by atoms with Crippen molar-refractivity contribution in [2.24, 2.45) is 0 Å². The average molecular weight is 381 g/mol. The molecule has 1 N–H and O–H groups in total. The van der Waals surface area contributed by atoms with Crippen LogP contribution in [0.25, 0.3) is 0 Å². The molecule has 0 amide bonds. The summed E-state index contributed by atoms with van der Waals surface area (Å²) in [6.45, 7) is 4.28. The third-order valence-electron chi connectivity index (χ3n) is 3.68. The monoisotopic (exact) mass is 380 g/mol. The molecule has 0 saturated carbocycles. The summed E-state index contributed by atoms with van der Waals surface area (Å²) in [6.07, 6.45) is 0.799. The number of hydrogen-bond acceptors (Lipinski definition) is 6. The van der Waals surface area contributed by atoms with E-state index in [0.717, 1.165) is 12.0 Å². The lowest BCUT2D eigenvalue weighted by Crippen LogP contribution is -2.17. The van der Waals surface area contributed by atoms with E-state index in [1.807, 2.05) is 6.07 Å². The number of carbonyl (C=O) groups is 1. The molecule has 25 heavy (non-hydrogen) atoms. The van der Waals surface area contributed by atoms with E-state index in [4.69, 9.17) is 21.1 Å². The zero-order valence-electron chi connectivity index (χ0n) is 13.8. The Labute approximate surface area is 153 Å². The molecule has 1 aromatic carbocycles. The third-order valence-corrected chi connectivity index (χ3v) is 5.00. The molecule has 1 aliphatic heterocycles. The number of benzene rings is 1. The zero-order valence-corrected chi connectivity index (χ0v) is 15.4. The first-order valence-corrected chi connectivity index (χ1v) is 9.14. The molecule has 0 unspecified atom stereocenters. The quantitative estimate of drug-likeness (QED) is 0.497. The molecule has 0 bridgehead atoms. The van der Waals surface area contributed by atoms with Gasteiger partial charge in [-0.15, -0.1) is 11.8 Å². The van der Waals surface area contributed by atoms with Crippen LogP contribution in [0.15, 0.2) is 22.0 Å².